The third-order valence-electron chi connectivity index (χ3n) is 5.61. The zero-order chi connectivity index (χ0) is 25.0. The number of carbonyl (C=O) groups excluding carboxylic acids is 4. The largest absolute Gasteiger partial charge is 0.462 e. The lowest BCUT2D eigenvalue weighted by Gasteiger charge is -2.30. The SMILES string of the molecule is CCOC(=O)c1ccc(N2C(=O)CC(N(Cc3ccc(C)cc3)C(=O)CC(C)(C)C)C2=O)cc1. The van der Waals surface area contributed by atoms with Crippen molar-refractivity contribution in [2.24, 2.45) is 5.41 Å². The Hall–Kier alpha value is -3.48. The first-order chi connectivity index (χ1) is 16.0. The van der Waals surface area contributed by atoms with Crippen LogP contribution >= 0.6 is 0 Å². The van der Waals surface area contributed by atoms with Crippen molar-refractivity contribution in [2.45, 2.75) is 60.0 Å². The highest BCUT2D eigenvalue weighted by Crippen LogP contribution is 2.29. The molecule has 1 saturated heterocycles. The fraction of sp³-hybridized carbons (Fsp3) is 0.407. The van der Waals surface area contributed by atoms with E-state index in [9.17, 15) is 19.2 Å². The van der Waals surface area contributed by atoms with Crippen LogP contribution in [0.15, 0.2) is 48.5 Å². The number of hydrogen-bond donors (Lipinski definition) is 0. The number of aryl methyl sites for hydroxylation is 1. The number of nitrogens with zero attached hydrogens (tertiary/aromatic N) is 2. The maximum absolute atomic E-state index is 13.4. The third kappa shape index (κ3) is 5.90. The topological polar surface area (TPSA) is 84.0 Å². The molecule has 0 saturated carbocycles. The molecule has 1 heterocycles. The standard InChI is InChI=1S/C27H32N2O5/c1-6-34-26(33)20-11-13-21(14-12-20)29-23(30)15-22(25(29)32)28(24(31)16-27(3,4)5)17-19-9-7-18(2)8-10-19/h7-14,22H,6,15-17H2,1-5H3. The molecule has 1 atom stereocenters. The maximum atomic E-state index is 13.4. The van der Waals surface area contributed by atoms with Gasteiger partial charge in [0.1, 0.15) is 6.04 Å². The Labute approximate surface area is 200 Å². The van der Waals surface area contributed by atoms with Gasteiger partial charge in [-0.3, -0.25) is 14.4 Å². The average Bonchev–Trinajstić information content (AvgIpc) is 3.06. The highest BCUT2D eigenvalue weighted by Gasteiger charge is 2.44. The number of imide groups is 1. The summed E-state index contributed by atoms with van der Waals surface area (Å²) in [5.41, 5.74) is 2.43. The Morgan fingerprint density at radius 2 is 1.65 bits per heavy atom. The van der Waals surface area contributed by atoms with Crippen LogP contribution in [0.25, 0.3) is 0 Å². The van der Waals surface area contributed by atoms with Crippen LogP contribution in [-0.2, 0) is 25.7 Å². The fourth-order valence-corrected chi connectivity index (χ4v) is 3.91. The van der Waals surface area contributed by atoms with Gasteiger partial charge < -0.3 is 9.64 Å². The Balaban J connectivity index is 1.87. The van der Waals surface area contributed by atoms with Crippen molar-refractivity contribution in [3.05, 3.63) is 65.2 Å². The second kappa shape index (κ2) is 10.2. The van der Waals surface area contributed by atoms with Gasteiger partial charge in [0.05, 0.1) is 24.3 Å². The normalized spacial score (nSPS) is 16.0. The third-order valence-corrected chi connectivity index (χ3v) is 5.61. The van der Waals surface area contributed by atoms with Crippen LogP contribution in [0.1, 0.15) is 62.0 Å². The minimum absolute atomic E-state index is 0.0831. The van der Waals surface area contributed by atoms with Crippen LogP contribution in [0.2, 0.25) is 0 Å². The van der Waals surface area contributed by atoms with Gasteiger partial charge in [0.15, 0.2) is 0 Å². The Morgan fingerprint density at radius 1 is 1.03 bits per heavy atom. The molecular weight excluding hydrogens is 432 g/mol. The molecule has 1 aliphatic heterocycles. The first-order valence-electron chi connectivity index (χ1n) is 11.5. The number of anilines is 1. The van der Waals surface area contributed by atoms with Crippen LogP contribution in [0, 0.1) is 12.3 Å². The molecule has 2 aromatic carbocycles. The molecule has 3 amide bonds. The van der Waals surface area contributed by atoms with Gasteiger partial charge in [-0.1, -0.05) is 50.6 Å². The number of amides is 3. The van der Waals surface area contributed by atoms with Gasteiger partial charge in [0, 0.05) is 13.0 Å². The van der Waals surface area contributed by atoms with Crippen molar-refractivity contribution in [1.82, 2.24) is 4.90 Å². The van der Waals surface area contributed by atoms with E-state index in [0.717, 1.165) is 16.0 Å². The predicted molar refractivity (Wildman–Crippen MR) is 129 cm³/mol. The summed E-state index contributed by atoms with van der Waals surface area (Å²) in [7, 11) is 0. The minimum atomic E-state index is -0.881. The van der Waals surface area contributed by atoms with Crippen molar-refractivity contribution >= 4 is 29.4 Å². The van der Waals surface area contributed by atoms with Gasteiger partial charge in [-0.25, -0.2) is 9.69 Å². The molecule has 0 spiro atoms. The fourth-order valence-electron chi connectivity index (χ4n) is 3.91. The second-order valence-corrected chi connectivity index (χ2v) is 9.80. The van der Waals surface area contributed by atoms with Gasteiger partial charge in [0.2, 0.25) is 11.8 Å². The van der Waals surface area contributed by atoms with Gasteiger partial charge in [-0.2, -0.15) is 0 Å². The first-order valence-corrected chi connectivity index (χ1v) is 11.5. The number of hydrogen-bond acceptors (Lipinski definition) is 5. The zero-order valence-electron chi connectivity index (χ0n) is 20.5. The van der Waals surface area contributed by atoms with Crippen molar-refractivity contribution in [2.75, 3.05) is 11.5 Å². The number of rotatable bonds is 7. The number of ether oxygens (including phenoxy) is 1. The van der Waals surface area contributed by atoms with Crippen molar-refractivity contribution in [3.63, 3.8) is 0 Å². The van der Waals surface area contributed by atoms with E-state index in [4.69, 9.17) is 4.74 Å². The molecule has 180 valence electrons. The van der Waals surface area contributed by atoms with E-state index in [0.29, 0.717) is 11.3 Å². The molecular formula is C27H32N2O5. The van der Waals surface area contributed by atoms with Crippen molar-refractivity contribution in [1.29, 1.82) is 0 Å². The Bertz CT molecular complexity index is 1070. The van der Waals surface area contributed by atoms with Gasteiger partial charge in [0.25, 0.3) is 5.91 Å². The van der Waals surface area contributed by atoms with Crippen LogP contribution in [0.4, 0.5) is 5.69 Å². The molecule has 2 aromatic rings. The van der Waals surface area contributed by atoms with E-state index in [2.05, 4.69) is 0 Å². The van der Waals surface area contributed by atoms with E-state index >= 15 is 0 Å². The lowest BCUT2D eigenvalue weighted by atomic mass is 9.91. The van der Waals surface area contributed by atoms with Crippen LogP contribution < -0.4 is 4.90 Å². The quantitative estimate of drug-likeness (QED) is 0.451. The highest BCUT2D eigenvalue weighted by atomic mass is 16.5. The summed E-state index contributed by atoms with van der Waals surface area (Å²) < 4.78 is 4.98. The molecule has 0 radical (unpaired) electrons. The summed E-state index contributed by atoms with van der Waals surface area (Å²) in [6.45, 7) is 10.1. The van der Waals surface area contributed by atoms with Crippen LogP contribution in [-0.4, -0.2) is 41.2 Å². The molecule has 0 N–H and O–H groups in total. The van der Waals surface area contributed by atoms with Gasteiger partial charge in [-0.05, 0) is 49.1 Å². The molecule has 1 fully saturated rings. The van der Waals surface area contributed by atoms with E-state index < -0.39 is 17.9 Å². The zero-order valence-corrected chi connectivity index (χ0v) is 20.5. The van der Waals surface area contributed by atoms with Crippen molar-refractivity contribution in [3.8, 4) is 0 Å². The number of benzene rings is 2. The molecule has 34 heavy (non-hydrogen) atoms. The summed E-state index contributed by atoms with van der Waals surface area (Å²) in [5, 5.41) is 0. The van der Waals surface area contributed by atoms with E-state index in [1.165, 1.54) is 17.0 Å². The van der Waals surface area contributed by atoms with Gasteiger partial charge >= 0.3 is 5.97 Å². The number of esters is 1. The monoisotopic (exact) mass is 464 g/mol. The molecule has 0 aliphatic carbocycles. The summed E-state index contributed by atoms with van der Waals surface area (Å²) in [6, 6.07) is 13.0. The minimum Gasteiger partial charge on any atom is -0.462 e. The van der Waals surface area contributed by atoms with Gasteiger partial charge in [-0.15, -0.1) is 0 Å². The summed E-state index contributed by atoms with van der Waals surface area (Å²) in [4.78, 5) is 54.2. The van der Waals surface area contributed by atoms with Crippen LogP contribution in [0.3, 0.4) is 0 Å². The molecule has 3 rings (SSSR count). The maximum Gasteiger partial charge on any atom is 0.338 e. The second-order valence-electron chi connectivity index (χ2n) is 9.80. The molecule has 0 bridgehead atoms. The first kappa shape index (κ1) is 25.1. The van der Waals surface area contributed by atoms with E-state index in [-0.39, 0.29) is 43.2 Å². The summed E-state index contributed by atoms with van der Waals surface area (Å²) >= 11 is 0. The predicted octanol–water partition coefficient (Wildman–Crippen LogP) is 4.27. The molecule has 1 aliphatic rings. The Kier molecular flexibility index (Phi) is 7.54. The smallest absolute Gasteiger partial charge is 0.338 e. The lowest BCUT2D eigenvalue weighted by Crippen LogP contribution is -2.46. The summed E-state index contributed by atoms with van der Waals surface area (Å²) in [5.74, 6) is -1.46. The van der Waals surface area contributed by atoms with Crippen molar-refractivity contribution < 1.29 is 23.9 Å². The van der Waals surface area contributed by atoms with E-state index in [1.54, 1.807) is 19.1 Å². The van der Waals surface area contributed by atoms with Crippen LogP contribution in [0.5, 0.6) is 0 Å². The van der Waals surface area contributed by atoms with E-state index in [1.807, 2.05) is 52.0 Å². The molecule has 0 aromatic heterocycles. The average molecular weight is 465 g/mol. The highest BCUT2D eigenvalue weighted by molar-refractivity contribution is 6.23. The summed E-state index contributed by atoms with van der Waals surface area (Å²) in [6.07, 6.45) is 0.172. The number of carbonyl (C=O) groups is 4. The molecule has 7 heteroatoms. The lowest BCUT2D eigenvalue weighted by molar-refractivity contribution is -0.140. The molecule has 7 nitrogen and oxygen atoms in total. The molecule has 1 unspecified atom stereocenters. The Morgan fingerprint density at radius 3 is 2.21 bits per heavy atom.